The summed E-state index contributed by atoms with van der Waals surface area (Å²) in [6, 6.07) is 18.8. The molecule has 0 amide bonds. The van der Waals surface area contributed by atoms with E-state index in [1.807, 2.05) is 6.07 Å². The van der Waals surface area contributed by atoms with E-state index >= 15 is 0 Å². The Bertz CT molecular complexity index is 1360. The van der Waals surface area contributed by atoms with Crippen molar-refractivity contribution in [3.63, 3.8) is 0 Å². The first-order valence-electron chi connectivity index (χ1n) is 13.7. The zero-order chi connectivity index (χ0) is 31.1. The second kappa shape index (κ2) is 13.7. The minimum Gasteiger partial charge on any atom is -0.481 e. The van der Waals surface area contributed by atoms with Crippen LogP contribution >= 0.6 is 0 Å². The molecule has 2 aromatic carbocycles. The van der Waals surface area contributed by atoms with Gasteiger partial charge in [-0.2, -0.15) is 5.10 Å². The molecular weight excluding hydrogens is 542 g/mol. The van der Waals surface area contributed by atoms with Crippen LogP contribution in [-0.4, -0.2) is 76.8 Å². The van der Waals surface area contributed by atoms with E-state index in [1.165, 1.54) is 22.4 Å². The Hall–Kier alpha value is -4.06. The molecule has 226 valence electrons. The highest BCUT2D eigenvalue weighted by atomic mass is 16.4. The molecule has 11 heteroatoms. The van der Waals surface area contributed by atoms with E-state index in [9.17, 15) is 19.5 Å². The number of likely N-dealkylation sites (tertiary alicyclic amines) is 1. The summed E-state index contributed by atoms with van der Waals surface area (Å²) in [7, 11) is 0. The SMILES string of the molecule is Cc1ccc(C2(O)CCN(Cc3c(C)nn(Cc4ccccc4)c3C)CC2)cc1.O=C(O)CC(O)(CC(=O)O)C(=O)O. The van der Waals surface area contributed by atoms with E-state index in [0.29, 0.717) is 0 Å². The van der Waals surface area contributed by atoms with Gasteiger partial charge in [0.25, 0.3) is 0 Å². The Balaban J connectivity index is 0.000000316. The molecule has 0 bridgehead atoms. The number of piperidine rings is 1. The van der Waals surface area contributed by atoms with Crippen molar-refractivity contribution in [2.75, 3.05) is 13.1 Å². The summed E-state index contributed by atoms with van der Waals surface area (Å²) in [4.78, 5) is 32.9. The third-order valence-electron chi connectivity index (χ3n) is 7.65. The number of hydrogen-bond acceptors (Lipinski definition) is 7. The quantitative estimate of drug-likeness (QED) is 0.239. The van der Waals surface area contributed by atoms with Crippen LogP contribution in [0.5, 0.6) is 0 Å². The average molecular weight is 582 g/mol. The van der Waals surface area contributed by atoms with Crippen molar-refractivity contribution >= 4 is 17.9 Å². The Kier molecular flexibility index (Phi) is 10.6. The normalized spacial score (nSPS) is 15.0. The molecule has 1 aromatic heterocycles. The molecule has 1 saturated heterocycles. The van der Waals surface area contributed by atoms with Gasteiger partial charge in [0.2, 0.25) is 0 Å². The van der Waals surface area contributed by atoms with Crippen LogP contribution in [0.2, 0.25) is 0 Å². The predicted octanol–water partition coefficient (Wildman–Crippen LogP) is 3.09. The Morgan fingerprint density at radius 3 is 1.90 bits per heavy atom. The number of carboxylic acids is 3. The number of aromatic nitrogens is 2. The second-order valence-electron chi connectivity index (χ2n) is 10.9. The maximum atomic E-state index is 11.2. The molecule has 2 heterocycles. The largest absolute Gasteiger partial charge is 0.481 e. The first-order valence-corrected chi connectivity index (χ1v) is 13.7. The molecule has 1 aliphatic rings. The van der Waals surface area contributed by atoms with Crippen LogP contribution in [-0.2, 0) is 33.1 Å². The molecule has 0 radical (unpaired) electrons. The molecule has 1 fully saturated rings. The topological polar surface area (TPSA) is 173 Å². The third-order valence-corrected chi connectivity index (χ3v) is 7.65. The van der Waals surface area contributed by atoms with Crippen molar-refractivity contribution in [2.45, 2.75) is 70.7 Å². The van der Waals surface area contributed by atoms with Gasteiger partial charge in [0.1, 0.15) is 0 Å². The van der Waals surface area contributed by atoms with E-state index in [2.05, 4.69) is 78.9 Å². The van der Waals surface area contributed by atoms with Crippen molar-refractivity contribution in [2.24, 2.45) is 0 Å². The highest BCUT2D eigenvalue weighted by Crippen LogP contribution is 2.33. The Morgan fingerprint density at radius 1 is 0.857 bits per heavy atom. The fraction of sp³-hybridized carbons (Fsp3) is 0.419. The van der Waals surface area contributed by atoms with Crippen molar-refractivity contribution in [1.29, 1.82) is 0 Å². The zero-order valence-electron chi connectivity index (χ0n) is 24.2. The molecular formula is C31H39N3O8. The summed E-state index contributed by atoms with van der Waals surface area (Å²) in [5.74, 6) is -5.02. The second-order valence-corrected chi connectivity index (χ2v) is 10.9. The van der Waals surface area contributed by atoms with Gasteiger partial charge >= 0.3 is 17.9 Å². The number of aliphatic hydroxyl groups is 2. The highest BCUT2D eigenvalue weighted by molar-refractivity contribution is 5.88. The van der Waals surface area contributed by atoms with Gasteiger partial charge < -0.3 is 25.5 Å². The van der Waals surface area contributed by atoms with E-state index in [0.717, 1.165) is 50.3 Å². The summed E-state index contributed by atoms with van der Waals surface area (Å²) >= 11 is 0. The van der Waals surface area contributed by atoms with Gasteiger partial charge in [-0.1, -0.05) is 60.2 Å². The van der Waals surface area contributed by atoms with Gasteiger partial charge in [-0.25, -0.2) is 4.79 Å². The molecule has 0 spiro atoms. The molecule has 1 aliphatic heterocycles. The van der Waals surface area contributed by atoms with Crippen LogP contribution in [0, 0.1) is 20.8 Å². The van der Waals surface area contributed by atoms with Crippen LogP contribution in [0.25, 0.3) is 0 Å². The third kappa shape index (κ3) is 8.48. The number of carboxylic acid groups (broad SMARTS) is 3. The van der Waals surface area contributed by atoms with Crippen molar-refractivity contribution < 1.29 is 39.9 Å². The smallest absolute Gasteiger partial charge is 0.336 e. The van der Waals surface area contributed by atoms with Gasteiger partial charge in [0.15, 0.2) is 5.60 Å². The number of nitrogens with zero attached hydrogens (tertiary/aromatic N) is 3. The summed E-state index contributed by atoms with van der Waals surface area (Å²) in [6.07, 6.45) is -0.748. The Morgan fingerprint density at radius 2 is 1.40 bits per heavy atom. The van der Waals surface area contributed by atoms with Crippen molar-refractivity contribution in [3.05, 3.63) is 88.2 Å². The Labute approximate surface area is 244 Å². The van der Waals surface area contributed by atoms with Crippen molar-refractivity contribution in [3.8, 4) is 0 Å². The number of hydrogen-bond donors (Lipinski definition) is 5. The number of carbonyl (C=O) groups is 3. The summed E-state index contributed by atoms with van der Waals surface area (Å²) in [5.41, 5.74) is 3.78. The molecule has 4 rings (SSSR count). The fourth-order valence-corrected chi connectivity index (χ4v) is 5.04. The molecule has 3 aromatic rings. The molecule has 5 N–H and O–H groups in total. The van der Waals surface area contributed by atoms with E-state index in [4.69, 9.17) is 25.5 Å². The van der Waals surface area contributed by atoms with E-state index in [1.54, 1.807) is 0 Å². The van der Waals surface area contributed by atoms with Crippen LogP contribution in [0.3, 0.4) is 0 Å². The van der Waals surface area contributed by atoms with E-state index in [-0.39, 0.29) is 0 Å². The lowest BCUT2D eigenvalue weighted by atomic mass is 9.84. The molecule has 42 heavy (non-hydrogen) atoms. The first-order chi connectivity index (χ1) is 19.7. The summed E-state index contributed by atoms with van der Waals surface area (Å²) in [5, 5.41) is 49.8. The molecule has 0 aliphatic carbocycles. The number of benzene rings is 2. The minimum atomic E-state index is -2.74. The zero-order valence-corrected chi connectivity index (χ0v) is 24.2. The van der Waals surface area contributed by atoms with Crippen LogP contribution in [0.15, 0.2) is 54.6 Å². The summed E-state index contributed by atoms with van der Waals surface area (Å²) < 4.78 is 2.12. The lowest BCUT2D eigenvalue weighted by Gasteiger charge is -2.38. The standard InChI is InChI=1S/C25H31N3O.C6H8O7/c1-19-9-11-23(12-10-19)25(29)13-15-27(16-14-25)18-24-20(2)26-28(21(24)3)17-22-7-5-4-6-8-22;7-3(8)1-6(13,5(11)12)2-4(9)10/h4-12,29H,13-18H2,1-3H3;13H,1-2H2,(H,7,8)(H,9,10)(H,11,12). The molecule has 0 saturated carbocycles. The molecule has 0 atom stereocenters. The maximum Gasteiger partial charge on any atom is 0.336 e. The molecule has 0 unspecified atom stereocenters. The van der Waals surface area contributed by atoms with Crippen LogP contribution < -0.4 is 0 Å². The average Bonchev–Trinajstić information content (AvgIpc) is 3.17. The monoisotopic (exact) mass is 581 g/mol. The molecule has 11 nitrogen and oxygen atoms in total. The van der Waals surface area contributed by atoms with Gasteiger partial charge in [-0.15, -0.1) is 0 Å². The van der Waals surface area contributed by atoms with E-state index < -0.39 is 42.0 Å². The van der Waals surface area contributed by atoms with Crippen LogP contribution in [0.4, 0.5) is 0 Å². The minimum absolute atomic E-state index is 0.703. The van der Waals surface area contributed by atoms with Gasteiger partial charge in [0.05, 0.1) is 30.7 Å². The summed E-state index contributed by atoms with van der Waals surface area (Å²) in [6.45, 7) is 9.86. The van der Waals surface area contributed by atoms with Crippen molar-refractivity contribution in [1.82, 2.24) is 14.7 Å². The van der Waals surface area contributed by atoms with Gasteiger partial charge in [0, 0.05) is 30.9 Å². The lowest BCUT2D eigenvalue weighted by Crippen LogP contribution is -2.42. The maximum absolute atomic E-state index is 11.2. The van der Waals surface area contributed by atoms with Gasteiger partial charge in [-0.3, -0.25) is 19.2 Å². The first kappa shape index (κ1) is 32.5. The lowest BCUT2D eigenvalue weighted by molar-refractivity contribution is -0.170. The number of aliphatic carboxylic acids is 3. The predicted molar refractivity (Wildman–Crippen MR) is 154 cm³/mol. The van der Waals surface area contributed by atoms with Crippen LogP contribution in [0.1, 0.15) is 59.3 Å². The highest BCUT2D eigenvalue weighted by Gasteiger charge is 2.40. The van der Waals surface area contributed by atoms with Gasteiger partial charge in [-0.05, 0) is 44.7 Å². The number of rotatable bonds is 10. The fourth-order valence-electron chi connectivity index (χ4n) is 5.04. The number of aryl methyl sites for hydroxylation is 2.